The van der Waals surface area contributed by atoms with Crippen LogP contribution in [0.1, 0.15) is 120 Å². The van der Waals surface area contributed by atoms with Crippen LogP contribution in [0.3, 0.4) is 0 Å². The maximum absolute atomic E-state index is 13.1. The fourth-order valence-electron chi connectivity index (χ4n) is 16.0. The number of aliphatic hydroxyl groups excluding tert-OH is 10. The monoisotopic (exact) mass is 1030 g/mol. The molecule has 5 aliphatic carbocycles. The number of carboxylic acids is 1. The van der Waals surface area contributed by atoms with Gasteiger partial charge in [-0.2, -0.15) is 0 Å². The molecule has 0 amide bonds. The number of rotatable bonds is 10. The van der Waals surface area contributed by atoms with Crippen LogP contribution in [-0.2, 0) is 42.7 Å². The lowest BCUT2D eigenvalue weighted by atomic mass is 9.33. The molecule has 0 spiro atoms. The SMILES string of the molecule is C[C@@H]1O[C@@H](O[C@@H]2CO[C@@H](O[C@H]3CC[C@@]4(C)[C@@H](CC[C@]5(C)[C@H]4CC=C4[C@@H]6CC(C)(C)CC[C@]6(C(=O)O)CC[C@]45C)C3(C)C)[C@H](O)[C@H]2O)[C@@H](O[C@@H]2OC[C@@H](O)[C@H](O[C@@H]3O[C@H](CO)[C@@H](O)[C@H](O)[C@H]3O)[C@H]2O)[C@H](O)[C@@H]1O. The molecule has 0 aromatic heterocycles. The van der Waals surface area contributed by atoms with Gasteiger partial charge in [0.1, 0.15) is 79.4 Å². The molecule has 8 fully saturated rings. The molecule has 26 atom stereocenters. The largest absolute Gasteiger partial charge is 0.481 e. The van der Waals surface area contributed by atoms with Crippen molar-refractivity contribution in [2.24, 2.45) is 50.2 Å². The van der Waals surface area contributed by atoms with Gasteiger partial charge in [-0.1, -0.05) is 60.1 Å². The van der Waals surface area contributed by atoms with Gasteiger partial charge >= 0.3 is 5.97 Å². The van der Waals surface area contributed by atoms with Crippen molar-refractivity contribution in [2.45, 2.75) is 236 Å². The summed E-state index contributed by atoms with van der Waals surface area (Å²) in [7, 11) is 0. The Balaban J connectivity index is 0.851. The maximum atomic E-state index is 13.1. The Bertz CT molecular complexity index is 1990. The van der Waals surface area contributed by atoms with Crippen LogP contribution in [0.2, 0.25) is 0 Å². The molecule has 0 unspecified atom stereocenters. The van der Waals surface area contributed by atoms with Crippen LogP contribution in [-0.4, -0.2) is 199 Å². The van der Waals surface area contributed by atoms with E-state index in [9.17, 15) is 61.0 Å². The van der Waals surface area contributed by atoms with Crippen molar-refractivity contribution in [1.82, 2.24) is 0 Å². The Morgan fingerprint density at radius 3 is 1.99 bits per heavy atom. The fourth-order valence-corrected chi connectivity index (χ4v) is 16.0. The Kier molecular flexibility index (Phi) is 15.2. The molecule has 9 rings (SSSR count). The highest BCUT2D eigenvalue weighted by molar-refractivity contribution is 5.76. The number of carbonyl (C=O) groups is 1. The number of hydrogen-bond acceptors (Lipinski definition) is 19. The van der Waals surface area contributed by atoms with E-state index in [0.717, 1.165) is 51.4 Å². The fraction of sp³-hybridized carbons (Fsp3) is 0.942. The van der Waals surface area contributed by atoms with Crippen LogP contribution in [0.15, 0.2) is 11.6 Å². The van der Waals surface area contributed by atoms with Crippen LogP contribution < -0.4 is 0 Å². The van der Waals surface area contributed by atoms with E-state index in [4.69, 9.17) is 37.9 Å². The van der Waals surface area contributed by atoms with Crippen molar-refractivity contribution in [3.63, 3.8) is 0 Å². The van der Waals surface area contributed by atoms with Crippen molar-refractivity contribution in [3.05, 3.63) is 11.6 Å². The lowest BCUT2D eigenvalue weighted by Crippen LogP contribution is -2.66. The Hall–Kier alpha value is -1.51. The van der Waals surface area contributed by atoms with Crippen molar-refractivity contribution in [2.75, 3.05) is 19.8 Å². The normalized spacial score (nSPS) is 54.3. The van der Waals surface area contributed by atoms with Crippen LogP contribution >= 0.6 is 0 Å². The Labute approximate surface area is 421 Å². The Morgan fingerprint density at radius 2 is 1.29 bits per heavy atom. The third-order valence-corrected chi connectivity index (χ3v) is 20.7. The summed E-state index contributed by atoms with van der Waals surface area (Å²) in [5, 5.41) is 119. The highest BCUT2D eigenvalue weighted by Gasteiger charge is 2.70. The van der Waals surface area contributed by atoms with Crippen LogP contribution in [0.25, 0.3) is 0 Å². The van der Waals surface area contributed by atoms with E-state index in [-0.39, 0.29) is 51.6 Å². The molecule has 20 heteroatoms. The second-order valence-corrected chi connectivity index (χ2v) is 25.4. The van der Waals surface area contributed by atoms with Crippen molar-refractivity contribution in [3.8, 4) is 0 Å². The lowest BCUT2D eigenvalue weighted by Gasteiger charge is -2.71. The zero-order valence-corrected chi connectivity index (χ0v) is 43.1. The number of aliphatic hydroxyl groups is 10. The average molecular weight is 1030 g/mol. The number of fused-ring (bicyclic) bond motifs is 7. The molecule has 0 radical (unpaired) electrons. The van der Waals surface area contributed by atoms with E-state index in [2.05, 4.69) is 54.5 Å². The highest BCUT2D eigenvalue weighted by atomic mass is 16.8. The zero-order chi connectivity index (χ0) is 52.4. The van der Waals surface area contributed by atoms with Gasteiger partial charge in [-0.05, 0) is 116 Å². The molecule has 20 nitrogen and oxygen atoms in total. The minimum atomic E-state index is -1.87. The minimum Gasteiger partial charge on any atom is -0.481 e. The summed E-state index contributed by atoms with van der Waals surface area (Å²) >= 11 is 0. The van der Waals surface area contributed by atoms with Crippen LogP contribution in [0.5, 0.6) is 0 Å². The van der Waals surface area contributed by atoms with Crippen molar-refractivity contribution < 1.29 is 98.9 Å². The molecule has 4 saturated heterocycles. The van der Waals surface area contributed by atoms with Gasteiger partial charge in [0.25, 0.3) is 0 Å². The predicted octanol–water partition coefficient (Wildman–Crippen LogP) is 0.836. The molecule has 9 aliphatic rings. The molecule has 11 N–H and O–H groups in total. The van der Waals surface area contributed by atoms with Gasteiger partial charge in [-0.3, -0.25) is 4.79 Å². The molecule has 412 valence electrons. The molecular formula is C52H84O20. The van der Waals surface area contributed by atoms with E-state index in [1.807, 2.05) is 0 Å². The highest BCUT2D eigenvalue weighted by Crippen LogP contribution is 2.76. The number of ether oxygens (including phenoxy) is 8. The van der Waals surface area contributed by atoms with Gasteiger partial charge in [0.2, 0.25) is 0 Å². The molecule has 4 aliphatic heterocycles. The third-order valence-electron chi connectivity index (χ3n) is 20.7. The average Bonchev–Trinajstić information content (AvgIpc) is 3.31. The van der Waals surface area contributed by atoms with E-state index in [0.29, 0.717) is 18.8 Å². The summed E-state index contributed by atoms with van der Waals surface area (Å²) in [6.07, 6.45) is -17.5. The van der Waals surface area contributed by atoms with Gasteiger partial charge in [-0.15, -0.1) is 0 Å². The zero-order valence-electron chi connectivity index (χ0n) is 43.1. The summed E-state index contributed by atoms with van der Waals surface area (Å²) in [6.45, 7) is 16.4. The first-order valence-electron chi connectivity index (χ1n) is 26.5. The molecule has 4 saturated carbocycles. The molecule has 0 aromatic rings. The minimum absolute atomic E-state index is 0.0297. The molecule has 72 heavy (non-hydrogen) atoms. The van der Waals surface area contributed by atoms with Gasteiger partial charge in [0, 0.05) is 0 Å². The standard InChI is InChI=1S/C52H84O20/c1-23-32(55)36(59)41(72-43-39(62)40(26(54)21-65-43)71-44-38(61)35(58)33(56)27(20-53)68-44)45(67-23)69-28-22-66-42(37(60)34(28)57)70-31-12-13-49(6)29(48(31,4)5)11-14-51(8)30(49)10-9-24-25-19-47(2,3)15-17-52(25,46(63)64)18-16-50(24,51)7/h9,23,25-45,53-62H,10-22H2,1-8H3,(H,63,64)/t23-,25-,26+,27+,28+,29-,30-,31-,32+,33+,34-,35-,36+,37+,38+,39+,40-,41-,42-,43-,44-,45-,49-,50+,51+,52-/m0/s1. The van der Waals surface area contributed by atoms with Gasteiger partial charge in [0.05, 0.1) is 37.4 Å². The van der Waals surface area contributed by atoms with E-state index < -0.39 is 135 Å². The maximum Gasteiger partial charge on any atom is 0.310 e. The predicted molar refractivity (Wildman–Crippen MR) is 250 cm³/mol. The van der Waals surface area contributed by atoms with Crippen LogP contribution in [0.4, 0.5) is 0 Å². The van der Waals surface area contributed by atoms with E-state index >= 15 is 0 Å². The first-order valence-corrected chi connectivity index (χ1v) is 26.5. The first-order chi connectivity index (χ1) is 33.7. The van der Waals surface area contributed by atoms with Gasteiger partial charge < -0.3 is 94.1 Å². The quantitative estimate of drug-likeness (QED) is 0.107. The first kappa shape index (κ1) is 55.3. The van der Waals surface area contributed by atoms with E-state index in [1.165, 1.54) is 12.5 Å². The Morgan fingerprint density at radius 1 is 0.639 bits per heavy atom. The topological polar surface area (TPSA) is 313 Å². The van der Waals surface area contributed by atoms with Gasteiger partial charge in [-0.25, -0.2) is 0 Å². The number of carboxylic acid groups (broad SMARTS) is 1. The summed E-state index contributed by atoms with van der Waals surface area (Å²) < 4.78 is 47.5. The molecule has 4 heterocycles. The van der Waals surface area contributed by atoms with E-state index in [1.54, 1.807) is 0 Å². The summed E-state index contributed by atoms with van der Waals surface area (Å²) in [6, 6.07) is 0. The van der Waals surface area contributed by atoms with Crippen LogP contribution in [0, 0.1) is 50.2 Å². The van der Waals surface area contributed by atoms with Crippen molar-refractivity contribution in [1.29, 1.82) is 0 Å². The smallest absolute Gasteiger partial charge is 0.310 e. The summed E-state index contributed by atoms with van der Waals surface area (Å²) in [5.41, 5.74) is 0.201. The summed E-state index contributed by atoms with van der Waals surface area (Å²) in [5.74, 6) is 0.0165. The number of aliphatic carboxylic acids is 1. The number of allylic oxidation sites excluding steroid dienone is 2. The second-order valence-electron chi connectivity index (χ2n) is 25.4. The third kappa shape index (κ3) is 8.87. The molecule has 0 aromatic carbocycles. The molecule has 0 bridgehead atoms. The lowest BCUT2D eigenvalue weighted by molar-refractivity contribution is -0.384. The van der Waals surface area contributed by atoms with Crippen molar-refractivity contribution >= 4 is 5.97 Å². The number of hydrogen-bond donors (Lipinski definition) is 11. The second kappa shape index (κ2) is 19.7. The van der Waals surface area contributed by atoms with Gasteiger partial charge in [0.15, 0.2) is 25.2 Å². The summed E-state index contributed by atoms with van der Waals surface area (Å²) in [4.78, 5) is 13.1. The molecular weight excluding hydrogens is 945 g/mol.